The number of para-hydroxylation sites is 2. The lowest BCUT2D eigenvalue weighted by atomic mass is 9.97. The van der Waals surface area contributed by atoms with Crippen molar-refractivity contribution < 1.29 is 22.7 Å². The van der Waals surface area contributed by atoms with Crippen LogP contribution >= 0.6 is 11.3 Å². The summed E-state index contributed by atoms with van der Waals surface area (Å²) in [7, 11) is -3.70. The number of ether oxygens (including phenoxy) is 2. The SMILES string of the molecule is O=C(Nc1ccccc1-c1nc2ccccc2s1)C1CCN(S(=O)(=O)c2ccc3c(c2)OCCO3)CC1. The number of carbonyl (C=O) groups is 1. The Morgan fingerprint density at radius 1 is 0.946 bits per heavy atom. The first-order valence-electron chi connectivity index (χ1n) is 12.1. The van der Waals surface area contributed by atoms with Crippen molar-refractivity contribution in [2.45, 2.75) is 17.7 Å². The standard InChI is InChI=1S/C27H25N3O5S2/c31-26(28-21-6-2-1-5-20(21)27-29-22-7-3-4-8-25(22)36-27)18-11-13-30(14-12-18)37(32,33)19-9-10-23-24(17-19)35-16-15-34-23/h1-10,17-18H,11-16H2,(H,28,31). The molecule has 3 aromatic carbocycles. The molecular weight excluding hydrogens is 510 g/mol. The molecule has 0 aliphatic carbocycles. The first kappa shape index (κ1) is 23.9. The van der Waals surface area contributed by atoms with E-state index in [1.54, 1.807) is 23.5 Å². The van der Waals surface area contributed by atoms with Crippen molar-refractivity contribution in [3.8, 4) is 22.1 Å². The lowest BCUT2D eigenvalue weighted by Crippen LogP contribution is -2.41. The van der Waals surface area contributed by atoms with Crippen LogP contribution in [0.4, 0.5) is 5.69 Å². The second-order valence-electron chi connectivity index (χ2n) is 9.01. The summed E-state index contributed by atoms with van der Waals surface area (Å²) in [5.41, 5.74) is 2.50. The highest BCUT2D eigenvalue weighted by Crippen LogP contribution is 2.36. The highest BCUT2D eigenvalue weighted by Gasteiger charge is 2.33. The summed E-state index contributed by atoms with van der Waals surface area (Å²) in [5.74, 6) is 0.597. The molecule has 6 rings (SSSR count). The number of piperidine rings is 1. The molecule has 1 N–H and O–H groups in total. The zero-order valence-electron chi connectivity index (χ0n) is 19.9. The first-order chi connectivity index (χ1) is 18.0. The number of nitrogens with zero attached hydrogens (tertiary/aromatic N) is 2. The van der Waals surface area contributed by atoms with Crippen LogP contribution in [0.15, 0.2) is 71.6 Å². The lowest BCUT2D eigenvalue weighted by Gasteiger charge is -2.31. The van der Waals surface area contributed by atoms with E-state index in [9.17, 15) is 13.2 Å². The predicted octanol–water partition coefficient (Wildman–Crippen LogP) is 4.77. The van der Waals surface area contributed by atoms with Gasteiger partial charge in [-0.1, -0.05) is 24.3 Å². The van der Waals surface area contributed by atoms with Crippen molar-refractivity contribution >= 4 is 43.2 Å². The molecule has 1 amide bonds. The number of rotatable bonds is 5. The van der Waals surface area contributed by atoms with E-state index in [-0.39, 0.29) is 29.8 Å². The second kappa shape index (κ2) is 9.77. The van der Waals surface area contributed by atoms with Crippen LogP contribution in [-0.4, -0.2) is 49.9 Å². The predicted molar refractivity (Wildman–Crippen MR) is 143 cm³/mol. The number of hydrogen-bond acceptors (Lipinski definition) is 7. The van der Waals surface area contributed by atoms with Crippen molar-refractivity contribution in [2.75, 3.05) is 31.6 Å². The summed E-state index contributed by atoms with van der Waals surface area (Å²) >= 11 is 1.58. The Morgan fingerprint density at radius 2 is 1.68 bits per heavy atom. The Hall–Kier alpha value is -3.47. The van der Waals surface area contributed by atoms with Crippen LogP contribution < -0.4 is 14.8 Å². The van der Waals surface area contributed by atoms with Crippen LogP contribution in [0.3, 0.4) is 0 Å². The number of aromatic nitrogens is 1. The summed E-state index contributed by atoms with van der Waals surface area (Å²) in [4.78, 5) is 18.1. The molecule has 3 heterocycles. The topological polar surface area (TPSA) is 97.8 Å². The van der Waals surface area contributed by atoms with Crippen LogP contribution in [0.5, 0.6) is 11.5 Å². The van der Waals surface area contributed by atoms with Gasteiger partial charge in [0.05, 0.1) is 20.8 Å². The molecule has 0 bridgehead atoms. The first-order valence-corrected chi connectivity index (χ1v) is 14.4. The summed E-state index contributed by atoms with van der Waals surface area (Å²) in [6.45, 7) is 1.38. The Labute approximate surface area is 218 Å². The number of fused-ring (bicyclic) bond motifs is 2. The summed E-state index contributed by atoms with van der Waals surface area (Å²) in [5, 5.41) is 3.92. The van der Waals surface area contributed by atoms with Crippen LogP contribution in [0.2, 0.25) is 0 Å². The van der Waals surface area contributed by atoms with Gasteiger partial charge in [0.2, 0.25) is 15.9 Å². The number of thiazole rings is 1. The van der Waals surface area contributed by atoms with Gasteiger partial charge < -0.3 is 14.8 Å². The molecule has 1 aromatic heterocycles. The molecule has 190 valence electrons. The second-order valence-corrected chi connectivity index (χ2v) is 12.0. The van der Waals surface area contributed by atoms with Crippen molar-refractivity contribution in [3.63, 3.8) is 0 Å². The largest absolute Gasteiger partial charge is 0.486 e. The van der Waals surface area contributed by atoms with E-state index in [2.05, 4.69) is 5.32 Å². The van der Waals surface area contributed by atoms with Gasteiger partial charge in [-0.15, -0.1) is 11.3 Å². The number of benzene rings is 3. The molecule has 2 aliphatic rings. The van der Waals surface area contributed by atoms with E-state index in [1.165, 1.54) is 10.4 Å². The third-order valence-electron chi connectivity index (χ3n) is 6.69. The van der Waals surface area contributed by atoms with Gasteiger partial charge in [0.25, 0.3) is 0 Å². The number of hydrogen-bond donors (Lipinski definition) is 1. The van der Waals surface area contributed by atoms with Gasteiger partial charge in [-0.25, -0.2) is 13.4 Å². The highest BCUT2D eigenvalue weighted by atomic mass is 32.2. The molecule has 1 fully saturated rings. The maximum Gasteiger partial charge on any atom is 0.243 e. The summed E-state index contributed by atoms with van der Waals surface area (Å²) < 4.78 is 40.1. The fraction of sp³-hybridized carbons (Fsp3) is 0.259. The molecule has 0 atom stereocenters. The number of amides is 1. The third-order valence-corrected chi connectivity index (χ3v) is 9.65. The molecule has 10 heteroatoms. The zero-order valence-corrected chi connectivity index (χ0v) is 21.6. The summed E-state index contributed by atoms with van der Waals surface area (Å²) in [6, 6.07) is 20.3. The fourth-order valence-electron chi connectivity index (χ4n) is 4.69. The zero-order chi connectivity index (χ0) is 25.4. The van der Waals surface area contributed by atoms with Crippen LogP contribution in [-0.2, 0) is 14.8 Å². The Kier molecular flexibility index (Phi) is 6.31. The van der Waals surface area contributed by atoms with E-state index in [0.29, 0.717) is 43.2 Å². The van der Waals surface area contributed by atoms with Gasteiger partial charge >= 0.3 is 0 Å². The van der Waals surface area contributed by atoms with E-state index in [0.717, 1.165) is 20.8 Å². The molecule has 1 saturated heterocycles. The van der Waals surface area contributed by atoms with Crippen LogP contribution in [0.1, 0.15) is 12.8 Å². The van der Waals surface area contributed by atoms with Crippen LogP contribution in [0.25, 0.3) is 20.8 Å². The van der Waals surface area contributed by atoms with Crippen molar-refractivity contribution in [3.05, 3.63) is 66.7 Å². The monoisotopic (exact) mass is 535 g/mol. The Morgan fingerprint density at radius 3 is 2.49 bits per heavy atom. The molecule has 4 aromatic rings. The summed E-state index contributed by atoms with van der Waals surface area (Å²) in [6.07, 6.45) is 0.887. The molecule has 0 saturated carbocycles. The molecule has 0 radical (unpaired) electrons. The van der Waals surface area contributed by atoms with Crippen molar-refractivity contribution in [2.24, 2.45) is 5.92 Å². The average Bonchev–Trinajstić information content (AvgIpc) is 3.37. The number of sulfonamides is 1. The fourth-order valence-corrected chi connectivity index (χ4v) is 7.18. The minimum absolute atomic E-state index is 0.107. The molecular formula is C27H25N3O5S2. The van der Waals surface area contributed by atoms with E-state index in [4.69, 9.17) is 14.5 Å². The maximum absolute atomic E-state index is 13.2. The molecule has 8 nitrogen and oxygen atoms in total. The van der Waals surface area contributed by atoms with Gasteiger partial charge in [-0.2, -0.15) is 4.31 Å². The lowest BCUT2D eigenvalue weighted by molar-refractivity contribution is -0.120. The molecule has 0 unspecified atom stereocenters. The van der Waals surface area contributed by atoms with E-state index >= 15 is 0 Å². The number of anilines is 1. The smallest absolute Gasteiger partial charge is 0.243 e. The quantitative estimate of drug-likeness (QED) is 0.395. The van der Waals surface area contributed by atoms with Gasteiger partial charge in [0, 0.05) is 30.6 Å². The Bertz CT molecular complexity index is 1540. The maximum atomic E-state index is 13.2. The van der Waals surface area contributed by atoms with Crippen LogP contribution in [0, 0.1) is 5.92 Å². The Balaban J connectivity index is 1.14. The normalized spacial score (nSPS) is 16.5. The average molecular weight is 536 g/mol. The van der Waals surface area contributed by atoms with Gasteiger partial charge in [-0.05, 0) is 49.2 Å². The minimum Gasteiger partial charge on any atom is -0.486 e. The molecule has 0 spiro atoms. The van der Waals surface area contributed by atoms with Gasteiger partial charge in [0.15, 0.2) is 11.5 Å². The minimum atomic E-state index is -3.70. The van der Waals surface area contributed by atoms with E-state index < -0.39 is 10.0 Å². The number of nitrogens with one attached hydrogen (secondary N) is 1. The third kappa shape index (κ3) is 4.68. The highest BCUT2D eigenvalue weighted by molar-refractivity contribution is 7.89. The molecule has 37 heavy (non-hydrogen) atoms. The van der Waals surface area contributed by atoms with Gasteiger partial charge in [-0.3, -0.25) is 4.79 Å². The van der Waals surface area contributed by atoms with Crippen molar-refractivity contribution in [1.82, 2.24) is 9.29 Å². The number of carbonyl (C=O) groups excluding carboxylic acids is 1. The van der Waals surface area contributed by atoms with E-state index in [1.807, 2.05) is 48.5 Å². The van der Waals surface area contributed by atoms with Gasteiger partial charge in [0.1, 0.15) is 18.2 Å². The molecule has 2 aliphatic heterocycles. The van der Waals surface area contributed by atoms with Crippen molar-refractivity contribution in [1.29, 1.82) is 0 Å².